The third-order valence-corrected chi connectivity index (χ3v) is 6.28. The van der Waals surface area contributed by atoms with Gasteiger partial charge in [0.15, 0.2) is 0 Å². The molecule has 0 spiro atoms. The fraction of sp³-hybridized carbons (Fsp3) is 1.00. The highest BCUT2D eigenvalue weighted by molar-refractivity contribution is 4.98. The Morgan fingerprint density at radius 1 is 1.19 bits per heavy atom. The third kappa shape index (κ3) is 4.01. The van der Waals surface area contributed by atoms with Crippen LogP contribution in [0.15, 0.2) is 0 Å². The summed E-state index contributed by atoms with van der Waals surface area (Å²) in [5.41, 5.74) is 0.468. The molecule has 0 amide bonds. The molecule has 1 saturated carbocycles. The van der Waals surface area contributed by atoms with Crippen molar-refractivity contribution < 1.29 is 0 Å². The summed E-state index contributed by atoms with van der Waals surface area (Å²) in [5.74, 6) is 2.56. The molecular formula is C19H38N2. The summed E-state index contributed by atoms with van der Waals surface area (Å²) in [6, 6.07) is 1.47. The van der Waals surface area contributed by atoms with Gasteiger partial charge in [-0.05, 0) is 62.3 Å². The average molecular weight is 295 g/mol. The summed E-state index contributed by atoms with van der Waals surface area (Å²) in [4.78, 5) is 2.80. The molecule has 0 aromatic rings. The van der Waals surface area contributed by atoms with Crippen LogP contribution >= 0.6 is 0 Å². The first-order valence-electron chi connectivity index (χ1n) is 9.32. The van der Waals surface area contributed by atoms with Gasteiger partial charge in [0.05, 0.1) is 0 Å². The number of nitrogens with one attached hydrogen (secondary N) is 1. The van der Waals surface area contributed by atoms with Gasteiger partial charge in [-0.15, -0.1) is 0 Å². The lowest BCUT2D eigenvalue weighted by Crippen LogP contribution is -2.51. The summed E-state index contributed by atoms with van der Waals surface area (Å²) in [7, 11) is 0. The molecule has 1 aliphatic carbocycles. The Labute approximate surface area is 133 Å². The van der Waals surface area contributed by atoms with E-state index in [2.05, 4.69) is 51.8 Å². The van der Waals surface area contributed by atoms with Crippen molar-refractivity contribution in [3.05, 3.63) is 0 Å². The number of hydrogen-bond acceptors (Lipinski definition) is 2. The summed E-state index contributed by atoms with van der Waals surface area (Å²) in [6.45, 7) is 18.3. The smallest absolute Gasteiger partial charge is 0.0159 e. The van der Waals surface area contributed by atoms with Crippen LogP contribution in [0.4, 0.5) is 0 Å². The molecule has 2 nitrogen and oxygen atoms in total. The van der Waals surface area contributed by atoms with E-state index in [1.54, 1.807) is 0 Å². The van der Waals surface area contributed by atoms with E-state index in [9.17, 15) is 0 Å². The molecule has 124 valence electrons. The molecule has 2 heteroatoms. The van der Waals surface area contributed by atoms with E-state index in [1.165, 1.54) is 45.3 Å². The Morgan fingerprint density at radius 2 is 1.90 bits per heavy atom. The SMILES string of the molecule is CCCNC1C(CN2CC(C)CC(C)C2C)CCC1(C)C. The Hall–Kier alpha value is -0.0800. The number of rotatable bonds is 5. The lowest BCUT2D eigenvalue weighted by atomic mass is 9.82. The van der Waals surface area contributed by atoms with E-state index in [0.29, 0.717) is 11.5 Å². The second kappa shape index (κ2) is 7.00. The first kappa shape index (κ1) is 17.3. The van der Waals surface area contributed by atoms with Crippen molar-refractivity contribution in [1.29, 1.82) is 0 Å². The third-order valence-electron chi connectivity index (χ3n) is 6.28. The Kier molecular flexibility index (Phi) is 5.76. The fourth-order valence-corrected chi connectivity index (χ4v) is 4.83. The topological polar surface area (TPSA) is 15.3 Å². The number of likely N-dealkylation sites (tertiary alicyclic amines) is 1. The molecule has 0 aromatic carbocycles. The van der Waals surface area contributed by atoms with Gasteiger partial charge >= 0.3 is 0 Å². The molecule has 21 heavy (non-hydrogen) atoms. The van der Waals surface area contributed by atoms with Crippen LogP contribution in [0.5, 0.6) is 0 Å². The molecule has 2 fully saturated rings. The van der Waals surface area contributed by atoms with Crippen LogP contribution in [-0.2, 0) is 0 Å². The molecule has 1 aliphatic heterocycles. The molecule has 5 unspecified atom stereocenters. The van der Waals surface area contributed by atoms with Crippen molar-refractivity contribution in [1.82, 2.24) is 10.2 Å². The van der Waals surface area contributed by atoms with Gasteiger partial charge in [-0.1, -0.05) is 34.6 Å². The zero-order valence-corrected chi connectivity index (χ0v) is 15.3. The van der Waals surface area contributed by atoms with E-state index >= 15 is 0 Å². The van der Waals surface area contributed by atoms with E-state index in [1.807, 2.05) is 0 Å². The van der Waals surface area contributed by atoms with Gasteiger partial charge in [-0.25, -0.2) is 0 Å². The molecule has 5 atom stereocenters. The van der Waals surface area contributed by atoms with Crippen LogP contribution in [0.1, 0.15) is 67.2 Å². The highest BCUT2D eigenvalue weighted by Gasteiger charge is 2.43. The van der Waals surface area contributed by atoms with Crippen LogP contribution in [-0.4, -0.2) is 36.6 Å². The first-order valence-corrected chi connectivity index (χ1v) is 9.32. The molecule has 2 rings (SSSR count). The van der Waals surface area contributed by atoms with E-state index in [-0.39, 0.29) is 0 Å². The van der Waals surface area contributed by atoms with E-state index in [0.717, 1.165) is 23.8 Å². The van der Waals surface area contributed by atoms with Crippen LogP contribution in [0.3, 0.4) is 0 Å². The number of piperidine rings is 1. The molecule has 0 bridgehead atoms. The van der Waals surface area contributed by atoms with E-state index < -0.39 is 0 Å². The maximum Gasteiger partial charge on any atom is 0.0159 e. The maximum absolute atomic E-state index is 3.87. The van der Waals surface area contributed by atoms with Crippen molar-refractivity contribution in [2.75, 3.05) is 19.6 Å². The summed E-state index contributed by atoms with van der Waals surface area (Å²) in [6.07, 6.45) is 5.44. The minimum absolute atomic E-state index is 0.468. The molecule has 0 radical (unpaired) electrons. The quantitative estimate of drug-likeness (QED) is 0.819. The predicted molar refractivity (Wildman–Crippen MR) is 92.6 cm³/mol. The summed E-state index contributed by atoms with van der Waals surface area (Å²) >= 11 is 0. The van der Waals surface area contributed by atoms with E-state index in [4.69, 9.17) is 0 Å². The van der Waals surface area contributed by atoms with Crippen LogP contribution in [0.2, 0.25) is 0 Å². The fourth-order valence-electron chi connectivity index (χ4n) is 4.83. The minimum Gasteiger partial charge on any atom is -0.313 e. The summed E-state index contributed by atoms with van der Waals surface area (Å²) in [5, 5.41) is 3.87. The lowest BCUT2D eigenvalue weighted by molar-refractivity contribution is 0.0576. The summed E-state index contributed by atoms with van der Waals surface area (Å²) < 4.78 is 0. The van der Waals surface area contributed by atoms with Gasteiger partial charge in [0.25, 0.3) is 0 Å². The Bertz CT molecular complexity index is 326. The monoisotopic (exact) mass is 294 g/mol. The van der Waals surface area contributed by atoms with Gasteiger partial charge in [0.1, 0.15) is 0 Å². The van der Waals surface area contributed by atoms with Gasteiger partial charge < -0.3 is 5.32 Å². The minimum atomic E-state index is 0.468. The Morgan fingerprint density at radius 3 is 2.57 bits per heavy atom. The molecule has 0 aromatic heterocycles. The standard InChI is InChI=1S/C19H38N2/c1-7-10-20-18-17(8-9-19(18,5)6)13-21-12-14(2)11-15(3)16(21)4/h14-18,20H,7-13H2,1-6H3. The molecule has 1 N–H and O–H groups in total. The maximum atomic E-state index is 3.87. The molecular weight excluding hydrogens is 256 g/mol. The molecule has 1 heterocycles. The predicted octanol–water partition coefficient (Wildman–Crippen LogP) is 4.16. The molecule has 1 saturated heterocycles. The second-order valence-electron chi connectivity index (χ2n) is 8.73. The van der Waals surface area contributed by atoms with Crippen LogP contribution in [0.25, 0.3) is 0 Å². The van der Waals surface area contributed by atoms with Gasteiger partial charge in [-0.2, -0.15) is 0 Å². The second-order valence-corrected chi connectivity index (χ2v) is 8.73. The van der Waals surface area contributed by atoms with Gasteiger partial charge in [0, 0.05) is 25.2 Å². The van der Waals surface area contributed by atoms with Crippen molar-refractivity contribution in [2.24, 2.45) is 23.2 Å². The van der Waals surface area contributed by atoms with Crippen LogP contribution < -0.4 is 5.32 Å². The average Bonchev–Trinajstić information content (AvgIpc) is 2.68. The Balaban J connectivity index is 2.00. The first-order chi connectivity index (χ1) is 9.85. The normalized spacial score (nSPS) is 40.6. The van der Waals surface area contributed by atoms with Crippen molar-refractivity contribution in [2.45, 2.75) is 79.3 Å². The van der Waals surface area contributed by atoms with Gasteiger partial charge in [-0.3, -0.25) is 4.90 Å². The highest BCUT2D eigenvalue weighted by Crippen LogP contribution is 2.42. The van der Waals surface area contributed by atoms with Crippen molar-refractivity contribution >= 4 is 0 Å². The molecule has 2 aliphatic rings. The largest absolute Gasteiger partial charge is 0.313 e. The highest BCUT2D eigenvalue weighted by atomic mass is 15.2. The van der Waals surface area contributed by atoms with Crippen LogP contribution in [0, 0.1) is 23.2 Å². The lowest BCUT2D eigenvalue weighted by Gasteiger charge is -2.43. The zero-order valence-electron chi connectivity index (χ0n) is 15.3. The van der Waals surface area contributed by atoms with Gasteiger partial charge in [0.2, 0.25) is 0 Å². The van der Waals surface area contributed by atoms with Crippen molar-refractivity contribution in [3.8, 4) is 0 Å². The number of hydrogen-bond donors (Lipinski definition) is 1. The zero-order chi connectivity index (χ0) is 15.6. The van der Waals surface area contributed by atoms with Crippen molar-refractivity contribution in [3.63, 3.8) is 0 Å². The number of nitrogens with zero attached hydrogens (tertiary/aromatic N) is 1.